The predicted octanol–water partition coefficient (Wildman–Crippen LogP) is 2.03. The molecule has 200 valence electrons. The number of carbonyl (C=O) groups excluding carboxylic acids is 3. The Kier molecular flexibility index (Phi) is 8.60. The summed E-state index contributed by atoms with van der Waals surface area (Å²) in [5.41, 5.74) is 2.41. The Labute approximate surface area is 210 Å². The lowest BCUT2D eigenvalue weighted by Crippen LogP contribution is -2.43. The van der Waals surface area contributed by atoms with Gasteiger partial charge in [0.2, 0.25) is 11.7 Å². The minimum Gasteiger partial charge on any atom is -0.442 e. The van der Waals surface area contributed by atoms with Crippen molar-refractivity contribution >= 4 is 35.2 Å². The van der Waals surface area contributed by atoms with E-state index < -0.39 is 40.5 Å². The minimum absolute atomic E-state index is 0.0118. The average Bonchev–Trinajstić information content (AvgIpc) is 3.47. The molecule has 1 saturated heterocycles. The van der Waals surface area contributed by atoms with Gasteiger partial charge in [0.05, 0.1) is 24.8 Å². The van der Waals surface area contributed by atoms with Gasteiger partial charge in [0, 0.05) is 45.7 Å². The summed E-state index contributed by atoms with van der Waals surface area (Å²) in [6.45, 7) is 3.49. The molecule has 0 spiro atoms. The second-order valence-corrected chi connectivity index (χ2v) is 8.06. The van der Waals surface area contributed by atoms with Gasteiger partial charge in [-0.2, -0.15) is 0 Å². The molecule has 1 aliphatic rings. The molecule has 1 aromatic carbocycles. The SMILES string of the molecule is CCN(CCNN(C)C(=O)c1ccc([N+](=O)[O-])o1)c1c(F)cc(N2C[C@H](CNC(C)=O)OC2=O)cc1F. The van der Waals surface area contributed by atoms with E-state index in [1.54, 1.807) is 6.92 Å². The highest BCUT2D eigenvalue weighted by Crippen LogP contribution is 2.31. The zero-order chi connectivity index (χ0) is 27.3. The Morgan fingerprint density at radius 3 is 2.51 bits per heavy atom. The number of nitro groups is 1. The fourth-order valence-corrected chi connectivity index (χ4v) is 3.66. The van der Waals surface area contributed by atoms with Gasteiger partial charge in [0.1, 0.15) is 16.7 Å². The van der Waals surface area contributed by atoms with Gasteiger partial charge in [0.15, 0.2) is 11.6 Å². The van der Waals surface area contributed by atoms with Crippen molar-refractivity contribution in [2.45, 2.75) is 20.0 Å². The topological polar surface area (TPSA) is 150 Å². The number of carbonyl (C=O) groups is 3. The standard InChI is InChI=1S/C22H26F2N6O7/c1-4-28(8-7-26-27(3)21(32)18-5-6-19(37-18)30(34)35)20-16(23)9-14(10-17(20)24)29-12-15(36-22(29)33)11-25-13(2)31/h5-6,9-10,15,26H,4,7-8,11-12H2,1-3H3,(H,25,31)/t15-/m0/s1. The van der Waals surface area contributed by atoms with Crippen molar-refractivity contribution in [3.63, 3.8) is 0 Å². The van der Waals surface area contributed by atoms with Crippen LogP contribution >= 0.6 is 0 Å². The number of nitrogens with zero attached hydrogens (tertiary/aromatic N) is 4. The van der Waals surface area contributed by atoms with Crippen molar-refractivity contribution in [1.82, 2.24) is 15.8 Å². The van der Waals surface area contributed by atoms with Crippen molar-refractivity contribution in [3.05, 3.63) is 51.8 Å². The van der Waals surface area contributed by atoms with Crippen LogP contribution in [-0.4, -0.2) is 73.7 Å². The Balaban J connectivity index is 1.62. The van der Waals surface area contributed by atoms with Crippen molar-refractivity contribution in [3.8, 4) is 0 Å². The highest BCUT2D eigenvalue weighted by molar-refractivity contribution is 5.91. The lowest BCUT2D eigenvalue weighted by atomic mass is 10.2. The maximum atomic E-state index is 15.0. The molecule has 0 radical (unpaired) electrons. The van der Waals surface area contributed by atoms with Crippen LogP contribution in [-0.2, 0) is 9.53 Å². The van der Waals surface area contributed by atoms with Crippen molar-refractivity contribution in [2.75, 3.05) is 49.6 Å². The van der Waals surface area contributed by atoms with E-state index in [9.17, 15) is 24.5 Å². The van der Waals surface area contributed by atoms with Crippen LogP contribution in [0.4, 0.5) is 30.8 Å². The zero-order valence-electron chi connectivity index (χ0n) is 20.3. The van der Waals surface area contributed by atoms with Crippen LogP contribution in [0.3, 0.4) is 0 Å². The third-order valence-corrected chi connectivity index (χ3v) is 5.48. The van der Waals surface area contributed by atoms with Crippen LogP contribution in [0.5, 0.6) is 0 Å². The molecule has 0 saturated carbocycles. The fraction of sp³-hybridized carbons (Fsp3) is 0.409. The van der Waals surface area contributed by atoms with E-state index in [1.807, 2.05) is 0 Å². The molecule has 3 rings (SSSR count). The van der Waals surface area contributed by atoms with E-state index >= 15 is 8.78 Å². The lowest BCUT2D eigenvalue weighted by Gasteiger charge is -2.26. The van der Waals surface area contributed by atoms with Gasteiger partial charge < -0.3 is 19.4 Å². The maximum absolute atomic E-state index is 15.0. The monoisotopic (exact) mass is 524 g/mol. The van der Waals surface area contributed by atoms with Crippen molar-refractivity contribution in [2.24, 2.45) is 0 Å². The number of halogens is 2. The number of hydrogen-bond acceptors (Lipinski definition) is 9. The predicted molar refractivity (Wildman–Crippen MR) is 126 cm³/mol. The molecule has 1 aliphatic heterocycles. The Hall–Kier alpha value is -4.27. The number of furan rings is 1. The molecule has 37 heavy (non-hydrogen) atoms. The summed E-state index contributed by atoms with van der Waals surface area (Å²) in [6, 6.07) is 4.27. The first-order valence-electron chi connectivity index (χ1n) is 11.2. The number of anilines is 2. The second-order valence-electron chi connectivity index (χ2n) is 8.06. The van der Waals surface area contributed by atoms with Crippen LogP contribution in [0.15, 0.2) is 28.7 Å². The first-order chi connectivity index (χ1) is 17.5. The maximum Gasteiger partial charge on any atom is 0.433 e. The summed E-state index contributed by atoms with van der Waals surface area (Å²) in [5.74, 6) is -3.60. The van der Waals surface area contributed by atoms with E-state index in [1.165, 1.54) is 24.9 Å². The molecule has 1 atom stereocenters. The molecule has 0 unspecified atom stereocenters. The summed E-state index contributed by atoms with van der Waals surface area (Å²) in [5, 5.41) is 14.3. The highest BCUT2D eigenvalue weighted by atomic mass is 19.1. The summed E-state index contributed by atoms with van der Waals surface area (Å²) >= 11 is 0. The summed E-state index contributed by atoms with van der Waals surface area (Å²) in [6.07, 6.45) is -1.44. The number of hydrazine groups is 1. The fourth-order valence-electron chi connectivity index (χ4n) is 3.66. The number of benzene rings is 1. The van der Waals surface area contributed by atoms with Crippen LogP contribution in [0, 0.1) is 21.7 Å². The van der Waals surface area contributed by atoms with Gasteiger partial charge in [0.25, 0.3) is 0 Å². The van der Waals surface area contributed by atoms with Crippen LogP contribution in [0.1, 0.15) is 24.4 Å². The molecule has 1 fully saturated rings. The van der Waals surface area contributed by atoms with Crippen LogP contribution < -0.4 is 20.5 Å². The number of rotatable bonds is 11. The molecule has 3 amide bonds. The summed E-state index contributed by atoms with van der Waals surface area (Å²) < 4.78 is 40.0. The first kappa shape index (κ1) is 27.3. The number of cyclic esters (lactones) is 1. The van der Waals surface area contributed by atoms with Crippen molar-refractivity contribution in [1.29, 1.82) is 0 Å². The molecule has 1 aromatic heterocycles. The largest absolute Gasteiger partial charge is 0.442 e. The third kappa shape index (κ3) is 6.49. The quantitative estimate of drug-likeness (QED) is 0.332. The van der Waals surface area contributed by atoms with Gasteiger partial charge >= 0.3 is 17.9 Å². The molecular formula is C22H26F2N6O7. The Morgan fingerprint density at radius 2 is 1.95 bits per heavy atom. The highest BCUT2D eigenvalue weighted by Gasteiger charge is 2.33. The molecule has 2 heterocycles. The zero-order valence-corrected chi connectivity index (χ0v) is 20.3. The van der Waals surface area contributed by atoms with Crippen LogP contribution in [0.25, 0.3) is 0 Å². The lowest BCUT2D eigenvalue weighted by molar-refractivity contribution is -0.402. The molecule has 2 N–H and O–H groups in total. The van der Waals surface area contributed by atoms with Gasteiger partial charge in [-0.1, -0.05) is 0 Å². The van der Waals surface area contributed by atoms with Crippen LogP contribution in [0.2, 0.25) is 0 Å². The first-order valence-corrected chi connectivity index (χ1v) is 11.2. The normalized spacial score (nSPS) is 14.9. The number of amides is 3. The molecule has 13 nitrogen and oxygen atoms in total. The van der Waals surface area contributed by atoms with Gasteiger partial charge in [-0.3, -0.25) is 29.6 Å². The molecule has 15 heteroatoms. The Morgan fingerprint density at radius 1 is 1.27 bits per heavy atom. The summed E-state index contributed by atoms with van der Waals surface area (Å²) in [4.78, 5) is 48.0. The number of likely N-dealkylation sites (N-methyl/N-ethyl adjacent to an activating group) is 1. The van der Waals surface area contributed by atoms with E-state index in [0.717, 1.165) is 28.1 Å². The van der Waals surface area contributed by atoms with Gasteiger partial charge in [-0.05, 0) is 13.0 Å². The van der Waals surface area contributed by atoms with E-state index in [2.05, 4.69) is 10.7 Å². The number of ether oxygens (including phenoxy) is 1. The number of nitrogens with one attached hydrogen (secondary N) is 2. The molecule has 0 aliphatic carbocycles. The second kappa shape index (κ2) is 11.6. The van der Waals surface area contributed by atoms with E-state index in [-0.39, 0.29) is 55.8 Å². The van der Waals surface area contributed by atoms with Gasteiger partial charge in [-0.15, -0.1) is 0 Å². The molecule has 0 bridgehead atoms. The summed E-state index contributed by atoms with van der Waals surface area (Å²) in [7, 11) is 1.37. The smallest absolute Gasteiger partial charge is 0.433 e. The van der Waals surface area contributed by atoms with Gasteiger partial charge in [-0.25, -0.2) is 19.0 Å². The minimum atomic E-state index is -0.901. The van der Waals surface area contributed by atoms with E-state index in [0.29, 0.717) is 0 Å². The number of hydrogen-bond donors (Lipinski definition) is 2. The molecule has 2 aromatic rings. The average molecular weight is 524 g/mol. The third-order valence-electron chi connectivity index (χ3n) is 5.48. The Bertz CT molecular complexity index is 1170. The molecular weight excluding hydrogens is 498 g/mol. The van der Waals surface area contributed by atoms with Crippen molar-refractivity contribution < 1.29 is 37.2 Å². The van der Waals surface area contributed by atoms with E-state index in [4.69, 9.17) is 9.15 Å².